The van der Waals surface area contributed by atoms with Crippen molar-refractivity contribution in [3.63, 3.8) is 0 Å². The molecule has 0 spiro atoms. The number of aliphatic carboxylic acids is 1. The number of rotatable bonds is 6. The Balaban J connectivity index is 1.85. The number of carbonyl (C=O) groups excluding carboxylic acids is 1. The SMILES string of the molecule is CCCCC1CCC(C(=O)NC2(C(=O)O)CCOCC2)CC1. The van der Waals surface area contributed by atoms with Crippen LogP contribution in [0.5, 0.6) is 0 Å². The summed E-state index contributed by atoms with van der Waals surface area (Å²) in [5, 5.41) is 12.3. The summed E-state index contributed by atoms with van der Waals surface area (Å²) in [6.07, 6.45) is 8.47. The zero-order valence-corrected chi connectivity index (χ0v) is 13.6. The highest BCUT2D eigenvalue weighted by molar-refractivity contribution is 5.88. The third kappa shape index (κ3) is 4.22. The molecule has 0 atom stereocenters. The van der Waals surface area contributed by atoms with Crippen LogP contribution in [0.15, 0.2) is 0 Å². The van der Waals surface area contributed by atoms with Crippen molar-refractivity contribution < 1.29 is 19.4 Å². The van der Waals surface area contributed by atoms with Gasteiger partial charge in [-0.25, -0.2) is 4.79 Å². The standard InChI is InChI=1S/C17H29NO4/c1-2-3-4-13-5-7-14(8-6-13)15(19)18-17(16(20)21)9-11-22-12-10-17/h13-14H,2-12H2,1H3,(H,18,19)(H,20,21). The van der Waals surface area contributed by atoms with Crippen LogP contribution < -0.4 is 5.32 Å². The molecule has 1 heterocycles. The summed E-state index contributed by atoms with van der Waals surface area (Å²) in [5.41, 5.74) is -1.12. The van der Waals surface area contributed by atoms with Gasteiger partial charge in [0.05, 0.1) is 0 Å². The van der Waals surface area contributed by atoms with Crippen molar-refractivity contribution >= 4 is 11.9 Å². The summed E-state index contributed by atoms with van der Waals surface area (Å²) in [6.45, 7) is 3.00. The fourth-order valence-corrected chi connectivity index (χ4v) is 3.66. The predicted molar refractivity (Wildman–Crippen MR) is 83.5 cm³/mol. The van der Waals surface area contributed by atoms with E-state index in [0.29, 0.717) is 26.1 Å². The van der Waals surface area contributed by atoms with Gasteiger partial charge in [0, 0.05) is 32.0 Å². The van der Waals surface area contributed by atoms with Gasteiger partial charge in [0.2, 0.25) is 5.91 Å². The lowest BCUT2D eigenvalue weighted by atomic mass is 9.79. The molecule has 1 aliphatic carbocycles. The van der Waals surface area contributed by atoms with Gasteiger partial charge < -0.3 is 15.2 Å². The zero-order chi connectivity index (χ0) is 16.0. The highest BCUT2D eigenvalue weighted by Gasteiger charge is 2.43. The van der Waals surface area contributed by atoms with Crippen LogP contribution in [0.4, 0.5) is 0 Å². The van der Waals surface area contributed by atoms with Crippen molar-refractivity contribution in [1.82, 2.24) is 5.32 Å². The number of unbranched alkanes of at least 4 members (excludes halogenated alkanes) is 1. The van der Waals surface area contributed by atoms with E-state index in [-0.39, 0.29) is 11.8 Å². The summed E-state index contributed by atoms with van der Waals surface area (Å²) in [6, 6.07) is 0. The lowest BCUT2D eigenvalue weighted by molar-refractivity contribution is -0.153. The maximum absolute atomic E-state index is 12.5. The van der Waals surface area contributed by atoms with Crippen LogP contribution in [-0.4, -0.2) is 35.7 Å². The number of hydrogen-bond donors (Lipinski definition) is 2. The average Bonchev–Trinajstić information content (AvgIpc) is 2.54. The second-order valence-electron chi connectivity index (χ2n) is 6.85. The van der Waals surface area contributed by atoms with Gasteiger partial charge in [-0.1, -0.05) is 26.2 Å². The first-order valence-electron chi connectivity index (χ1n) is 8.70. The molecule has 1 amide bonds. The third-order valence-corrected chi connectivity index (χ3v) is 5.30. The summed E-state index contributed by atoms with van der Waals surface area (Å²) in [5.74, 6) is -0.267. The number of nitrogens with one attached hydrogen (secondary N) is 1. The minimum absolute atomic E-state index is 0.0167. The number of amides is 1. The third-order valence-electron chi connectivity index (χ3n) is 5.30. The molecule has 1 aliphatic heterocycles. The number of ether oxygens (including phenoxy) is 1. The molecule has 1 saturated carbocycles. The monoisotopic (exact) mass is 311 g/mol. The number of hydrogen-bond acceptors (Lipinski definition) is 3. The van der Waals surface area contributed by atoms with Crippen LogP contribution >= 0.6 is 0 Å². The Morgan fingerprint density at radius 2 is 1.82 bits per heavy atom. The van der Waals surface area contributed by atoms with Crippen molar-refractivity contribution in [3.05, 3.63) is 0 Å². The maximum atomic E-state index is 12.5. The van der Waals surface area contributed by atoms with Gasteiger partial charge in [0.1, 0.15) is 5.54 Å². The van der Waals surface area contributed by atoms with E-state index in [0.717, 1.165) is 31.6 Å². The molecule has 0 radical (unpaired) electrons. The van der Waals surface area contributed by atoms with Crippen LogP contribution in [0.2, 0.25) is 0 Å². The topological polar surface area (TPSA) is 75.6 Å². The first kappa shape index (κ1) is 17.3. The minimum atomic E-state index is -1.12. The molecule has 5 heteroatoms. The Morgan fingerprint density at radius 3 is 2.36 bits per heavy atom. The Hall–Kier alpha value is -1.10. The number of carboxylic acid groups (broad SMARTS) is 1. The molecule has 0 aromatic heterocycles. The molecule has 0 unspecified atom stereocenters. The van der Waals surface area contributed by atoms with Crippen molar-refractivity contribution in [3.8, 4) is 0 Å². The second-order valence-corrected chi connectivity index (χ2v) is 6.85. The molecule has 0 bridgehead atoms. The summed E-state index contributed by atoms with van der Waals surface area (Å²) < 4.78 is 5.24. The molecule has 2 N–H and O–H groups in total. The van der Waals surface area contributed by atoms with Crippen molar-refractivity contribution in [2.45, 2.75) is 70.3 Å². The second kappa shape index (κ2) is 7.95. The van der Waals surface area contributed by atoms with E-state index < -0.39 is 11.5 Å². The van der Waals surface area contributed by atoms with Gasteiger partial charge in [-0.3, -0.25) is 4.79 Å². The fraction of sp³-hybridized carbons (Fsp3) is 0.882. The highest BCUT2D eigenvalue weighted by atomic mass is 16.5. The van der Waals surface area contributed by atoms with E-state index in [9.17, 15) is 14.7 Å². The van der Waals surface area contributed by atoms with Crippen LogP contribution in [0.1, 0.15) is 64.7 Å². The lowest BCUT2D eigenvalue weighted by Crippen LogP contribution is -2.58. The Morgan fingerprint density at radius 1 is 1.18 bits per heavy atom. The lowest BCUT2D eigenvalue weighted by Gasteiger charge is -2.36. The van der Waals surface area contributed by atoms with Gasteiger partial charge in [-0.05, 0) is 31.6 Å². The first-order chi connectivity index (χ1) is 10.6. The minimum Gasteiger partial charge on any atom is -0.480 e. The normalized spacial score (nSPS) is 28.0. The van der Waals surface area contributed by atoms with Gasteiger partial charge in [-0.2, -0.15) is 0 Å². The largest absolute Gasteiger partial charge is 0.480 e. The van der Waals surface area contributed by atoms with Crippen molar-refractivity contribution in [2.75, 3.05) is 13.2 Å². The number of carbonyl (C=O) groups is 2. The summed E-state index contributed by atoms with van der Waals surface area (Å²) in [4.78, 5) is 24.1. The van der Waals surface area contributed by atoms with E-state index in [1.807, 2.05) is 0 Å². The maximum Gasteiger partial charge on any atom is 0.329 e. The van der Waals surface area contributed by atoms with E-state index in [4.69, 9.17) is 4.74 Å². The van der Waals surface area contributed by atoms with E-state index in [2.05, 4.69) is 12.2 Å². The van der Waals surface area contributed by atoms with E-state index in [1.54, 1.807) is 0 Å². The van der Waals surface area contributed by atoms with Crippen molar-refractivity contribution in [2.24, 2.45) is 11.8 Å². The average molecular weight is 311 g/mol. The molecule has 1 saturated heterocycles. The molecule has 0 aromatic rings. The van der Waals surface area contributed by atoms with Crippen LogP contribution in [0.3, 0.4) is 0 Å². The molecule has 2 aliphatic rings. The molecular formula is C17H29NO4. The molecule has 2 fully saturated rings. The van der Waals surface area contributed by atoms with Gasteiger partial charge in [-0.15, -0.1) is 0 Å². The van der Waals surface area contributed by atoms with Crippen LogP contribution in [0.25, 0.3) is 0 Å². The van der Waals surface area contributed by atoms with Crippen LogP contribution in [-0.2, 0) is 14.3 Å². The first-order valence-corrected chi connectivity index (χ1v) is 8.70. The highest BCUT2D eigenvalue weighted by Crippen LogP contribution is 2.33. The molecule has 22 heavy (non-hydrogen) atoms. The number of carboxylic acids is 1. The summed E-state index contributed by atoms with van der Waals surface area (Å²) in [7, 11) is 0. The molecule has 2 rings (SSSR count). The Bertz CT molecular complexity index is 382. The van der Waals surface area contributed by atoms with Gasteiger partial charge in [0.25, 0.3) is 0 Å². The quantitative estimate of drug-likeness (QED) is 0.791. The summed E-state index contributed by atoms with van der Waals surface area (Å²) >= 11 is 0. The van der Waals surface area contributed by atoms with Gasteiger partial charge >= 0.3 is 5.97 Å². The Labute approximate surface area is 132 Å². The van der Waals surface area contributed by atoms with E-state index in [1.165, 1.54) is 19.3 Å². The smallest absolute Gasteiger partial charge is 0.329 e. The van der Waals surface area contributed by atoms with Gasteiger partial charge in [0.15, 0.2) is 0 Å². The Kier molecular flexibility index (Phi) is 6.24. The fourth-order valence-electron chi connectivity index (χ4n) is 3.66. The molecule has 0 aromatic carbocycles. The molecule has 126 valence electrons. The van der Waals surface area contributed by atoms with Crippen molar-refractivity contribution in [1.29, 1.82) is 0 Å². The molecular weight excluding hydrogens is 282 g/mol. The molecule has 5 nitrogen and oxygen atoms in total. The van der Waals surface area contributed by atoms with E-state index >= 15 is 0 Å². The van der Waals surface area contributed by atoms with Crippen LogP contribution in [0, 0.1) is 11.8 Å². The predicted octanol–water partition coefficient (Wildman–Crippen LogP) is 2.73. The zero-order valence-electron chi connectivity index (χ0n) is 13.6.